The van der Waals surface area contributed by atoms with E-state index in [0.717, 1.165) is 60.4 Å². The third kappa shape index (κ3) is 6.47. The molecule has 0 fully saturated rings. The molecule has 5 rings (SSSR count). The Bertz CT molecular complexity index is 1180. The van der Waals surface area contributed by atoms with Gasteiger partial charge in [-0.2, -0.15) is 5.10 Å². The van der Waals surface area contributed by atoms with Gasteiger partial charge in [0.25, 0.3) is 0 Å². The van der Waals surface area contributed by atoms with Crippen LogP contribution in [0.3, 0.4) is 0 Å². The number of hydrogen-bond acceptors (Lipinski definition) is 6. The Kier molecular flexibility index (Phi) is 7.55. The summed E-state index contributed by atoms with van der Waals surface area (Å²) in [4.78, 5) is 12.3. The maximum absolute atomic E-state index is 4.93. The molecule has 34 heavy (non-hydrogen) atoms. The van der Waals surface area contributed by atoms with Gasteiger partial charge >= 0.3 is 0 Å². The molecule has 0 aliphatic carbocycles. The van der Waals surface area contributed by atoms with E-state index in [-0.39, 0.29) is 0 Å². The van der Waals surface area contributed by atoms with Crippen LogP contribution in [0.25, 0.3) is 0 Å². The molecule has 5 nitrogen and oxygen atoms in total. The van der Waals surface area contributed by atoms with Crippen molar-refractivity contribution in [3.8, 4) is 0 Å². The van der Waals surface area contributed by atoms with Crippen LogP contribution in [-0.4, -0.2) is 31.2 Å². The Balaban J connectivity index is 1.25. The topological polar surface area (TPSA) is 46.8 Å². The maximum atomic E-state index is 4.93. The van der Waals surface area contributed by atoms with E-state index in [1.165, 1.54) is 11.1 Å². The van der Waals surface area contributed by atoms with Gasteiger partial charge in [-0.1, -0.05) is 60.7 Å². The zero-order valence-corrected chi connectivity index (χ0v) is 20.6. The molecule has 7 heteroatoms. The first-order valence-electron chi connectivity index (χ1n) is 11.4. The molecule has 0 bridgehead atoms. The molecule has 0 saturated carbocycles. The summed E-state index contributed by atoms with van der Waals surface area (Å²) in [5.74, 6) is 0. The summed E-state index contributed by atoms with van der Waals surface area (Å²) in [5.41, 5.74) is 4.84. The highest BCUT2D eigenvalue weighted by Gasteiger charge is 2.13. The Hall–Kier alpha value is -3.13. The molecule has 2 aromatic carbocycles. The van der Waals surface area contributed by atoms with Crippen LogP contribution in [0.15, 0.2) is 89.9 Å². The normalized spacial score (nSPS) is 11.3. The molecule has 5 aromatic rings. The van der Waals surface area contributed by atoms with Crippen molar-refractivity contribution in [3.63, 3.8) is 0 Å². The maximum Gasteiger partial charge on any atom is 0.0972 e. The van der Waals surface area contributed by atoms with E-state index in [1.807, 2.05) is 23.1 Å². The number of benzene rings is 2. The second-order valence-electron chi connectivity index (χ2n) is 8.27. The van der Waals surface area contributed by atoms with E-state index in [0.29, 0.717) is 0 Å². The van der Waals surface area contributed by atoms with Crippen molar-refractivity contribution in [1.82, 2.24) is 24.6 Å². The zero-order chi connectivity index (χ0) is 23.0. The molecule has 172 valence electrons. The second kappa shape index (κ2) is 11.3. The van der Waals surface area contributed by atoms with Crippen molar-refractivity contribution < 1.29 is 0 Å². The standard InChI is InChI=1S/C27H27N5S2/c1-3-8-22(9-4-1)16-26-29-24(20-33-26)18-31(14-15-32-13-7-12-28-32)19-25-21-34-27(30-25)17-23-10-5-2-6-11-23/h1-13,20-21H,14-19H2. The van der Waals surface area contributed by atoms with Gasteiger partial charge in [0.1, 0.15) is 0 Å². The van der Waals surface area contributed by atoms with Gasteiger partial charge in [-0.15, -0.1) is 22.7 Å². The SMILES string of the molecule is c1ccc(Cc2nc(CN(CCn3cccn3)Cc3csc(Cc4ccccc4)n3)cs2)cc1. The first kappa shape index (κ1) is 22.7. The predicted octanol–water partition coefficient (Wildman–Crippen LogP) is 5.68. The van der Waals surface area contributed by atoms with Crippen LogP contribution in [-0.2, 0) is 32.5 Å². The summed E-state index contributed by atoms with van der Waals surface area (Å²) in [5, 5.41) is 11.1. The van der Waals surface area contributed by atoms with Gasteiger partial charge in [0.05, 0.1) is 27.9 Å². The van der Waals surface area contributed by atoms with Crippen molar-refractivity contribution in [2.45, 2.75) is 32.5 Å². The van der Waals surface area contributed by atoms with Crippen LogP contribution < -0.4 is 0 Å². The highest BCUT2D eigenvalue weighted by molar-refractivity contribution is 7.09. The van der Waals surface area contributed by atoms with Gasteiger partial charge in [0.2, 0.25) is 0 Å². The molecular formula is C27H27N5S2. The van der Waals surface area contributed by atoms with E-state index in [4.69, 9.17) is 9.97 Å². The first-order valence-corrected chi connectivity index (χ1v) is 13.2. The summed E-state index contributed by atoms with van der Waals surface area (Å²) in [6.45, 7) is 3.34. The molecule has 0 atom stereocenters. The van der Waals surface area contributed by atoms with Crippen LogP contribution in [0.4, 0.5) is 0 Å². The fourth-order valence-electron chi connectivity index (χ4n) is 3.90. The fourth-order valence-corrected chi connectivity index (χ4v) is 5.53. The lowest BCUT2D eigenvalue weighted by Crippen LogP contribution is -2.27. The van der Waals surface area contributed by atoms with Crippen molar-refractivity contribution >= 4 is 22.7 Å². The number of nitrogens with zero attached hydrogens (tertiary/aromatic N) is 5. The average Bonchev–Trinajstić information content (AvgIpc) is 3.62. The highest BCUT2D eigenvalue weighted by Crippen LogP contribution is 2.19. The summed E-state index contributed by atoms with van der Waals surface area (Å²) >= 11 is 3.49. The highest BCUT2D eigenvalue weighted by atomic mass is 32.1. The minimum Gasteiger partial charge on any atom is -0.290 e. The first-order chi connectivity index (χ1) is 16.8. The smallest absolute Gasteiger partial charge is 0.0972 e. The Labute approximate surface area is 208 Å². The van der Waals surface area contributed by atoms with Crippen molar-refractivity contribution in [2.75, 3.05) is 6.54 Å². The van der Waals surface area contributed by atoms with E-state index >= 15 is 0 Å². The number of thiazole rings is 2. The third-order valence-corrected chi connectivity index (χ3v) is 7.37. The lowest BCUT2D eigenvalue weighted by atomic mass is 10.2. The summed E-state index contributed by atoms with van der Waals surface area (Å²) in [6.07, 6.45) is 5.61. The lowest BCUT2D eigenvalue weighted by Gasteiger charge is -2.20. The lowest BCUT2D eigenvalue weighted by molar-refractivity contribution is 0.237. The number of aromatic nitrogens is 4. The van der Waals surface area contributed by atoms with Gasteiger partial charge in [-0.3, -0.25) is 9.58 Å². The Morgan fingerprint density at radius 1 is 0.706 bits per heavy atom. The predicted molar refractivity (Wildman–Crippen MR) is 139 cm³/mol. The molecule has 0 N–H and O–H groups in total. The summed E-state index contributed by atoms with van der Waals surface area (Å²) in [6, 6.07) is 23.1. The van der Waals surface area contributed by atoms with Crippen molar-refractivity contribution in [2.24, 2.45) is 0 Å². The molecule has 0 radical (unpaired) electrons. The molecule has 0 aliphatic heterocycles. The van der Waals surface area contributed by atoms with Gasteiger partial charge in [0, 0.05) is 55.6 Å². The van der Waals surface area contributed by atoms with E-state index < -0.39 is 0 Å². The molecule has 0 amide bonds. The van der Waals surface area contributed by atoms with Crippen LogP contribution in [0.5, 0.6) is 0 Å². The largest absolute Gasteiger partial charge is 0.290 e. The molecule has 0 aliphatic rings. The minimum atomic E-state index is 0.804. The molecule has 0 spiro atoms. The van der Waals surface area contributed by atoms with Crippen molar-refractivity contribution in [1.29, 1.82) is 0 Å². The Morgan fingerprint density at radius 3 is 1.76 bits per heavy atom. The minimum absolute atomic E-state index is 0.804. The second-order valence-corrected chi connectivity index (χ2v) is 10.2. The quantitative estimate of drug-likeness (QED) is 0.241. The fraction of sp³-hybridized carbons (Fsp3) is 0.222. The molecule has 3 aromatic heterocycles. The summed E-state index contributed by atoms with van der Waals surface area (Å²) in [7, 11) is 0. The molecule has 3 heterocycles. The van der Waals surface area contributed by atoms with Gasteiger partial charge in [0.15, 0.2) is 0 Å². The van der Waals surface area contributed by atoms with Crippen molar-refractivity contribution in [3.05, 3.63) is 122 Å². The third-order valence-electron chi connectivity index (χ3n) is 5.57. The number of hydrogen-bond donors (Lipinski definition) is 0. The van der Waals surface area contributed by atoms with Crippen LogP contribution in [0, 0.1) is 0 Å². The molecule has 0 unspecified atom stereocenters. The van der Waals surface area contributed by atoms with Gasteiger partial charge < -0.3 is 0 Å². The molecular weight excluding hydrogens is 458 g/mol. The van der Waals surface area contributed by atoms with Crippen LogP contribution >= 0.6 is 22.7 Å². The Morgan fingerprint density at radius 2 is 1.26 bits per heavy atom. The van der Waals surface area contributed by atoms with Crippen LogP contribution in [0.2, 0.25) is 0 Å². The average molecular weight is 486 g/mol. The van der Waals surface area contributed by atoms with E-state index in [1.54, 1.807) is 22.7 Å². The van der Waals surface area contributed by atoms with Crippen LogP contribution in [0.1, 0.15) is 32.5 Å². The molecule has 0 saturated heterocycles. The van der Waals surface area contributed by atoms with E-state index in [2.05, 4.69) is 81.4 Å². The summed E-state index contributed by atoms with van der Waals surface area (Å²) < 4.78 is 1.98. The van der Waals surface area contributed by atoms with Gasteiger partial charge in [-0.05, 0) is 17.2 Å². The van der Waals surface area contributed by atoms with E-state index in [9.17, 15) is 0 Å². The zero-order valence-electron chi connectivity index (χ0n) is 19.0. The monoisotopic (exact) mass is 485 g/mol. The van der Waals surface area contributed by atoms with Gasteiger partial charge in [-0.25, -0.2) is 9.97 Å². The number of rotatable bonds is 11.